The highest BCUT2D eigenvalue weighted by molar-refractivity contribution is 6.05. The molecule has 0 unspecified atom stereocenters. The Bertz CT molecular complexity index is 883. The van der Waals surface area contributed by atoms with Gasteiger partial charge in [0.05, 0.1) is 18.9 Å². The first kappa shape index (κ1) is 16.8. The topological polar surface area (TPSA) is 76.5 Å². The molecule has 1 amide bonds. The van der Waals surface area contributed by atoms with Crippen LogP contribution in [0.2, 0.25) is 0 Å². The number of pyridine rings is 2. The molecule has 1 aliphatic carbocycles. The number of aromatic nitrogens is 2. The first-order valence-electron chi connectivity index (χ1n) is 8.95. The van der Waals surface area contributed by atoms with Crippen molar-refractivity contribution in [2.45, 2.75) is 25.8 Å². The molecule has 2 fully saturated rings. The zero-order chi connectivity index (χ0) is 18.1. The molecular formula is C19H22N4O3. The van der Waals surface area contributed by atoms with E-state index in [1.54, 1.807) is 24.5 Å². The number of nitrogens with one attached hydrogen (secondary N) is 1. The minimum atomic E-state index is -0.396. The van der Waals surface area contributed by atoms with Crippen LogP contribution < -0.4 is 15.6 Å². The van der Waals surface area contributed by atoms with Gasteiger partial charge < -0.3 is 19.5 Å². The van der Waals surface area contributed by atoms with Crippen LogP contribution >= 0.6 is 0 Å². The Labute approximate surface area is 151 Å². The van der Waals surface area contributed by atoms with Crippen molar-refractivity contribution in [1.82, 2.24) is 9.55 Å². The lowest BCUT2D eigenvalue weighted by Gasteiger charge is -2.29. The average Bonchev–Trinajstić information content (AvgIpc) is 3.48. The van der Waals surface area contributed by atoms with Gasteiger partial charge in [-0.1, -0.05) is 0 Å². The monoisotopic (exact) mass is 354 g/mol. The molecule has 0 aromatic carbocycles. The Morgan fingerprint density at radius 1 is 1.31 bits per heavy atom. The standard InChI is InChI=1S/C19H22N4O3/c1-13-11-17(24)15(12-23(13)14-4-5-14)19(25)21-16-3-2-6-20-18(16)22-7-9-26-10-8-22/h2-3,6,11-12,14H,4-5,7-10H2,1H3,(H,21,25). The minimum absolute atomic E-state index is 0.166. The van der Waals surface area contributed by atoms with Crippen molar-refractivity contribution >= 4 is 17.4 Å². The number of ether oxygens (including phenoxy) is 1. The summed E-state index contributed by atoms with van der Waals surface area (Å²) >= 11 is 0. The first-order valence-corrected chi connectivity index (χ1v) is 8.95. The van der Waals surface area contributed by atoms with Crippen LogP contribution in [-0.4, -0.2) is 41.8 Å². The van der Waals surface area contributed by atoms with Gasteiger partial charge in [-0.15, -0.1) is 0 Å². The van der Waals surface area contributed by atoms with Crippen LogP contribution in [0.5, 0.6) is 0 Å². The highest BCUT2D eigenvalue weighted by Gasteiger charge is 2.26. The van der Waals surface area contributed by atoms with Crippen LogP contribution in [0, 0.1) is 6.92 Å². The maximum atomic E-state index is 12.8. The number of carbonyl (C=O) groups excluding carboxylic acids is 1. The molecule has 1 saturated carbocycles. The third-order valence-electron chi connectivity index (χ3n) is 4.81. The van der Waals surface area contributed by atoms with Crippen molar-refractivity contribution < 1.29 is 9.53 Å². The molecule has 2 aromatic heterocycles. The Morgan fingerprint density at radius 3 is 2.81 bits per heavy atom. The van der Waals surface area contributed by atoms with Gasteiger partial charge in [-0.05, 0) is 31.9 Å². The van der Waals surface area contributed by atoms with E-state index in [9.17, 15) is 9.59 Å². The van der Waals surface area contributed by atoms with Crippen LogP contribution in [0.15, 0.2) is 35.4 Å². The van der Waals surface area contributed by atoms with Crippen LogP contribution in [0.1, 0.15) is 34.9 Å². The molecule has 136 valence electrons. The Kier molecular flexibility index (Phi) is 4.46. The summed E-state index contributed by atoms with van der Waals surface area (Å²) < 4.78 is 7.41. The molecule has 1 saturated heterocycles. The largest absolute Gasteiger partial charge is 0.378 e. The van der Waals surface area contributed by atoms with Gasteiger partial charge in [-0.3, -0.25) is 9.59 Å². The van der Waals surface area contributed by atoms with E-state index < -0.39 is 5.91 Å². The van der Waals surface area contributed by atoms with Gasteiger partial charge in [0.25, 0.3) is 5.91 Å². The van der Waals surface area contributed by atoms with E-state index in [4.69, 9.17) is 4.74 Å². The van der Waals surface area contributed by atoms with Gasteiger partial charge in [-0.25, -0.2) is 4.98 Å². The molecule has 1 N–H and O–H groups in total. The SMILES string of the molecule is Cc1cc(=O)c(C(=O)Nc2cccnc2N2CCOCC2)cn1C1CC1. The van der Waals surface area contributed by atoms with Crippen LogP contribution in [0.3, 0.4) is 0 Å². The van der Waals surface area contributed by atoms with Gasteiger partial charge >= 0.3 is 0 Å². The molecule has 0 atom stereocenters. The van der Waals surface area contributed by atoms with Gasteiger partial charge in [0.2, 0.25) is 0 Å². The number of hydrogen-bond donors (Lipinski definition) is 1. The summed E-state index contributed by atoms with van der Waals surface area (Å²) in [5.41, 5.74) is 1.41. The molecule has 3 heterocycles. The molecule has 1 aliphatic heterocycles. The molecule has 0 spiro atoms. The molecule has 26 heavy (non-hydrogen) atoms. The average molecular weight is 354 g/mol. The second kappa shape index (κ2) is 6.92. The molecule has 7 heteroatoms. The molecule has 2 aromatic rings. The molecule has 7 nitrogen and oxygen atoms in total. The Hall–Kier alpha value is -2.67. The summed E-state index contributed by atoms with van der Waals surface area (Å²) in [7, 11) is 0. The van der Waals surface area contributed by atoms with Gasteiger partial charge in [0.15, 0.2) is 11.2 Å². The third-order valence-corrected chi connectivity index (χ3v) is 4.81. The highest BCUT2D eigenvalue weighted by atomic mass is 16.5. The highest BCUT2D eigenvalue weighted by Crippen LogP contribution is 2.35. The van der Waals surface area contributed by atoms with E-state index >= 15 is 0 Å². The predicted molar refractivity (Wildman–Crippen MR) is 98.9 cm³/mol. The minimum Gasteiger partial charge on any atom is -0.378 e. The maximum absolute atomic E-state index is 12.8. The van der Waals surface area contributed by atoms with Crippen molar-refractivity contribution in [2.75, 3.05) is 36.5 Å². The predicted octanol–water partition coefficient (Wildman–Crippen LogP) is 1.98. The zero-order valence-corrected chi connectivity index (χ0v) is 14.8. The molecule has 0 radical (unpaired) electrons. The summed E-state index contributed by atoms with van der Waals surface area (Å²) in [4.78, 5) is 31.6. The fourth-order valence-corrected chi connectivity index (χ4v) is 3.27. The van der Waals surface area contributed by atoms with Gasteiger partial charge in [0, 0.05) is 43.3 Å². The molecule has 0 bridgehead atoms. The van der Waals surface area contributed by atoms with E-state index in [0.717, 1.165) is 31.6 Å². The summed E-state index contributed by atoms with van der Waals surface area (Å²) in [6.07, 6.45) is 5.57. The molecule has 4 rings (SSSR count). The van der Waals surface area contributed by atoms with E-state index in [-0.39, 0.29) is 11.0 Å². The fourth-order valence-electron chi connectivity index (χ4n) is 3.27. The first-order chi connectivity index (χ1) is 12.6. The quantitative estimate of drug-likeness (QED) is 0.908. The third kappa shape index (κ3) is 3.35. The lowest BCUT2D eigenvalue weighted by molar-refractivity contribution is 0.102. The van der Waals surface area contributed by atoms with Crippen molar-refractivity contribution in [2.24, 2.45) is 0 Å². The molecular weight excluding hydrogens is 332 g/mol. The smallest absolute Gasteiger partial charge is 0.261 e. The Morgan fingerprint density at radius 2 is 2.08 bits per heavy atom. The number of aryl methyl sites for hydroxylation is 1. The lowest BCUT2D eigenvalue weighted by Crippen LogP contribution is -2.37. The van der Waals surface area contributed by atoms with Gasteiger partial charge in [-0.2, -0.15) is 0 Å². The Balaban J connectivity index is 1.61. The second-order valence-electron chi connectivity index (χ2n) is 6.76. The van der Waals surface area contributed by atoms with Gasteiger partial charge in [0.1, 0.15) is 5.56 Å². The van der Waals surface area contributed by atoms with Crippen molar-refractivity contribution in [3.8, 4) is 0 Å². The van der Waals surface area contributed by atoms with E-state index in [0.29, 0.717) is 30.8 Å². The maximum Gasteiger partial charge on any atom is 0.261 e. The fraction of sp³-hybridized carbons (Fsp3) is 0.421. The van der Waals surface area contributed by atoms with E-state index in [1.165, 1.54) is 0 Å². The van der Waals surface area contributed by atoms with E-state index in [2.05, 4.69) is 15.2 Å². The number of nitrogens with zero attached hydrogens (tertiary/aromatic N) is 3. The summed E-state index contributed by atoms with van der Waals surface area (Å²) in [6, 6.07) is 5.53. The number of morpholine rings is 1. The normalized spacial score (nSPS) is 17.2. The van der Waals surface area contributed by atoms with Crippen LogP contribution in [0.4, 0.5) is 11.5 Å². The van der Waals surface area contributed by atoms with Crippen molar-refractivity contribution in [3.05, 3.63) is 52.1 Å². The van der Waals surface area contributed by atoms with E-state index in [1.807, 2.05) is 17.6 Å². The number of carbonyl (C=O) groups is 1. The lowest BCUT2D eigenvalue weighted by atomic mass is 10.2. The summed E-state index contributed by atoms with van der Waals surface area (Å²) in [5.74, 6) is 0.311. The van der Waals surface area contributed by atoms with Crippen LogP contribution in [0.25, 0.3) is 0 Å². The zero-order valence-electron chi connectivity index (χ0n) is 14.8. The number of rotatable bonds is 4. The van der Waals surface area contributed by atoms with Crippen molar-refractivity contribution in [1.29, 1.82) is 0 Å². The van der Waals surface area contributed by atoms with Crippen molar-refractivity contribution in [3.63, 3.8) is 0 Å². The number of anilines is 2. The number of amides is 1. The van der Waals surface area contributed by atoms with Crippen LogP contribution in [-0.2, 0) is 4.74 Å². The molecule has 2 aliphatic rings. The number of hydrogen-bond acceptors (Lipinski definition) is 5. The summed E-state index contributed by atoms with van der Waals surface area (Å²) in [5, 5.41) is 2.87. The second-order valence-corrected chi connectivity index (χ2v) is 6.76. The summed E-state index contributed by atoms with van der Waals surface area (Å²) in [6.45, 7) is 4.61.